The molecule has 12 heteroatoms. The molecule has 2 N–H and O–H groups in total. The van der Waals surface area contributed by atoms with Gasteiger partial charge in [-0.15, -0.1) is 0 Å². The van der Waals surface area contributed by atoms with E-state index in [-0.39, 0.29) is 43.3 Å². The molecule has 35 heavy (non-hydrogen) atoms. The van der Waals surface area contributed by atoms with Crippen molar-refractivity contribution in [1.82, 2.24) is 15.3 Å². The topological polar surface area (TPSA) is 128 Å². The third-order valence-corrected chi connectivity index (χ3v) is 6.62. The lowest BCUT2D eigenvalue weighted by Gasteiger charge is -2.24. The SMILES string of the molecule is C[C@@H]1CCCN1c1cc2c(c(CNC(=O)O)n1)CN(c1cccc(N3C(=O)OC[C@@H]3CF)n1)C2=O. The Hall–Kier alpha value is -3.96. The summed E-state index contributed by atoms with van der Waals surface area (Å²) in [7, 11) is 0. The van der Waals surface area contributed by atoms with Crippen molar-refractivity contribution in [2.75, 3.05) is 34.5 Å². The molecule has 0 unspecified atom stereocenters. The number of rotatable bonds is 6. The monoisotopic (exact) mass is 484 g/mol. The van der Waals surface area contributed by atoms with Crippen LogP contribution in [0.4, 0.5) is 31.4 Å². The average Bonchev–Trinajstić information content (AvgIpc) is 3.54. The highest BCUT2D eigenvalue weighted by Crippen LogP contribution is 2.34. The van der Waals surface area contributed by atoms with E-state index in [9.17, 15) is 18.8 Å². The Labute approximate surface area is 200 Å². The second kappa shape index (κ2) is 9.01. The summed E-state index contributed by atoms with van der Waals surface area (Å²) >= 11 is 0. The fourth-order valence-electron chi connectivity index (χ4n) is 4.82. The van der Waals surface area contributed by atoms with E-state index in [1.54, 1.807) is 24.3 Å². The van der Waals surface area contributed by atoms with Crippen molar-refractivity contribution >= 4 is 35.5 Å². The molecular weight excluding hydrogens is 459 g/mol. The van der Waals surface area contributed by atoms with Crippen LogP contribution in [0.5, 0.6) is 0 Å². The zero-order chi connectivity index (χ0) is 24.7. The molecule has 2 aromatic heterocycles. The molecule has 11 nitrogen and oxygen atoms in total. The molecule has 2 aromatic rings. The zero-order valence-electron chi connectivity index (χ0n) is 19.1. The number of fused-ring (bicyclic) bond motifs is 1. The minimum atomic E-state index is -1.18. The smallest absolute Gasteiger partial charge is 0.416 e. The number of nitrogens with zero attached hydrogens (tertiary/aromatic N) is 5. The molecule has 5 heterocycles. The predicted octanol–water partition coefficient (Wildman–Crippen LogP) is 2.69. The number of aromatic nitrogens is 2. The molecule has 184 valence electrons. The summed E-state index contributed by atoms with van der Waals surface area (Å²) < 4.78 is 18.3. The molecule has 0 spiro atoms. The van der Waals surface area contributed by atoms with Crippen LogP contribution in [0.2, 0.25) is 0 Å². The Morgan fingerprint density at radius 3 is 2.77 bits per heavy atom. The highest BCUT2D eigenvalue weighted by Gasteiger charge is 2.37. The Morgan fingerprint density at radius 2 is 2.06 bits per heavy atom. The normalized spacial score (nSPS) is 21.5. The average molecular weight is 484 g/mol. The van der Waals surface area contributed by atoms with Crippen LogP contribution in [-0.2, 0) is 17.8 Å². The van der Waals surface area contributed by atoms with Gasteiger partial charge in [-0.2, -0.15) is 0 Å². The van der Waals surface area contributed by atoms with Gasteiger partial charge in [-0.25, -0.2) is 23.9 Å². The van der Waals surface area contributed by atoms with Gasteiger partial charge in [-0.05, 0) is 38.0 Å². The lowest BCUT2D eigenvalue weighted by atomic mass is 10.1. The maximum absolute atomic E-state index is 13.5. The van der Waals surface area contributed by atoms with Crippen LogP contribution in [0.15, 0.2) is 24.3 Å². The predicted molar refractivity (Wildman–Crippen MR) is 123 cm³/mol. The highest BCUT2D eigenvalue weighted by atomic mass is 19.1. The van der Waals surface area contributed by atoms with E-state index < -0.39 is 24.9 Å². The second-order valence-corrected chi connectivity index (χ2v) is 8.80. The Balaban J connectivity index is 1.49. The number of carbonyl (C=O) groups excluding carboxylic acids is 2. The molecule has 3 amide bonds. The molecule has 3 aliphatic heterocycles. The Bertz CT molecular complexity index is 1190. The van der Waals surface area contributed by atoms with Gasteiger partial charge >= 0.3 is 12.2 Å². The van der Waals surface area contributed by atoms with Crippen LogP contribution >= 0.6 is 0 Å². The summed E-state index contributed by atoms with van der Waals surface area (Å²) in [6.45, 7) is 2.14. The molecule has 2 saturated heterocycles. The number of nitrogens with one attached hydrogen (secondary N) is 1. The van der Waals surface area contributed by atoms with E-state index in [0.717, 1.165) is 24.3 Å². The molecule has 5 rings (SSSR count). The van der Waals surface area contributed by atoms with E-state index >= 15 is 0 Å². The first-order chi connectivity index (χ1) is 16.9. The third kappa shape index (κ3) is 4.08. The first kappa shape index (κ1) is 22.8. The van der Waals surface area contributed by atoms with Gasteiger partial charge in [-0.1, -0.05) is 6.07 Å². The number of carbonyl (C=O) groups is 3. The van der Waals surface area contributed by atoms with Gasteiger partial charge in [0.05, 0.1) is 24.3 Å². The summed E-state index contributed by atoms with van der Waals surface area (Å²) in [5.74, 6) is 0.810. The molecule has 0 bridgehead atoms. The van der Waals surface area contributed by atoms with E-state index in [0.29, 0.717) is 22.6 Å². The lowest BCUT2D eigenvalue weighted by molar-refractivity contribution is 0.0995. The van der Waals surface area contributed by atoms with Crippen LogP contribution in [0.1, 0.15) is 41.4 Å². The molecule has 0 saturated carbocycles. The number of ether oxygens (including phenoxy) is 1. The summed E-state index contributed by atoms with van der Waals surface area (Å²) in [4.78, 5) is 50.7. The Morgan fingerprint density at radius 1 is 1.26 bits per heavy atom. The summed E-state index contributed by atoms with van der Waals surface area (Å²) in [6, 6.07) is 6.06. The summed E-state index contributed by atoms with van der Waals surface area (Å²) in [5.41, 5.74) is 1.53. The maximum Gasteiger partial charge on any atom is 0.416 e. The van der Waals surface area contributed by atoms with Crippen molar-refractivity contribution < 1.29 is 28.6 Å². The van der Waals surface area contributed by atoms with E-state index in [2.05, 4.69) is 22.1 Å². The van der Waals surface area contributed by atoms with Crippen LogP contribution < -0.4 is 20.0 Å². The quantitative estimate of drug-likeness (QED) is 0.641. The van der Waals surface area contributed by atoms with Gasteiger partial charge in [0.15, 0.2) is 0 Å². The first-order valence-electron chi connectivity index (χ1n) is 11.4. The van der Waals surface area contributed by atoms with Crippen molar-refractivity contribution in [2.45, 2.75) is 44.9 Å². The van der Waals surface area contributed by atoms with Crippen molar-refractivity contribution in [2.24, 2.45) is 0 Å². The maximum atomic E-state index is 13.5. The number of pyridine rings is 2. The molecule has 3 aliphatic rings. The number of hydrogen-bond donors (Lipinski definition) is 2. The van der Waals surface area contributed by atoms with Crippen molar-refractivity contribution in [1.29, 1.82) is 0 Å². The van der Waals surface area contributed by atoms with Gasteiger partial charge in [0, 0.05) is 18.2 Å². The van der Waals surface area contributed by atoms with Crippen LogP contribution in [0.3, 0.4) is 0 Å². The van der Waals surface area contributed by atoms with Gasteiger partial charge in [-0.3, -0.25) is 14.6 Å². The van der Waals surface area contributed by atoms with Gasteiger partial charge in [0.2, 0.25) is 0 Å². The van der Waals surface area contributed by atoms with Gasteiger partial charge in [0.25, 0.3) is 5.91 Å². The molecule has 0 radical (unpaired) electrons. The number of carboxylic acid groups (broad SMARTS) is 1. The number of hydrogen-bond acceptors (Lipinski definition) is 7. The van der Waals surface area contributed by atoms with Gasteiger partial charge in [0.1, 0.15) is 36.8 Å². The van der Waals surface area contributed by atoms with Crippen molar-refractivity contribution in [3.05, 3.63) is 41.1 Å². The minimum Gasteiger partial charge on any atom is -0.465 e. The van der Waals surface area contributed by atoms with Gasteiger partial charge < -0.3 is 20.1 Å². The van der Waals surface area contributed by atoms with E-state index in [1.807, 2.05) is 0 Å². The molecule has 2 fully saturated rings. The second-order valence-electron chi connectivity index (χ2n) is 8.80. The van der Waals surface area contributed by atoms with Crippen LogP contribution in [0.25, 0.3) is 0 Å². The van der Waals surface area contributed by atoms with E-state index in [1.165, 1.54) is 4.90 Å². The molecule has 2 atom stereocenters. The Kier molecular flexibility index (Phi) is 5.87. The highest BCUT2D eigenvalue weighted by molar-refractivity contribution is 6.10. The fraction of sp³-hybridized carbons (Fsp3) is 0.435. The summed E-state index contributed by atoms with van der Waals surface area (Å²) in [6.07, 6.45) is 0.148. The number of halogens is 1. The first-order valence-corrected chi connectivity index (χ1v) is 11.4. The fourth-order valence-corrected chi connectivity index (χ4v) is 4.82. The van der Waals surface area contributed by atoms with E-state index in [4.69, 9.17) is 14.8 Å². The van der Waals surface area contributed by atoms with Crippen molar-refractivity contribution in [3.8, 4) is 0 Å². The third-order valence-electron chi connectivity index (χ3n) is 6.62. The largest absolute Gasteiger partial charge is 0.465 e. The number of amides is 3. The van der Waals surface area contributed by atoms with Crippen molar-refractivity contribution in [3.63, 3.8) is 0 Å². The minimum absolute atomic E-state index is 0.0416. The molecular formula is C23H25FN6O5. The van der Waals surface area contributed by atoms with Crippen LogP contribution in [0, 0.1) is 0 Å². The molecule has 0 aromatic carbocycles. The number of anilines is 3. The van der Waals surface area contributed by atoms with Crippen LogP contribution in [-0.4, -0.2) is 65.1 Å². The number of cyclic esters (lactones) is 1. The number of alkyl halides is 1. The zero-order valence-corrected chi connectivity index (χ0v) is 19.1. The summed E-state index contributed by atoms with van der Waals surface area (Å²) in [5, 5.41) is 11.5. The lowest BCUT2D eigenvalue weighted by Crippen LogP contribution is -2.36. The molecule has 0 aliphatic carbocycles. The standard InChI is InChI=1S/C23H25FN6O5/c1-13-4-3-7-28(13)20-8-15-16(17(26-20)10-25-22(32)33)11-29(21(15)31)18-5-2-6-19(27-18)30-14(9-24)12-35-23(30)34/h2,5-6,8,13-14,25H,3-4,7,9-12H2,1H3,(H,32,33)/t13-,14+/m1/s1.